The second-order valence-corrected chi connectivity index (χ2v) is 5.66. The molecule has 0 spiro atoms. The molecule has 0 aliphatic heterocycles. The van der Waals surface area contributed by atoms with E-state index in [1.165, 1.54) is 0 Å². The van der Waals surface area contributed by atoms with Gasteiger partial charge in [0.25, 0.3) is 0 Å². The van der Waals surface area contributed by atoms with Crippen LogP contribution in [0.3, 0.4) is 0 Å². The molecule has 18 heavy (non-hydrogen) atoms. The molecule has 3 N–H and O–H groups in total. The molecule has 0 aromatic carbocycles. The smallest absolute Gasteiger partial charge is 0.315 e. The van der Waals surface area contributed by atoms with Crippen molar-refractivity contribution in [1.82, 2.24) is 16.0 Å². The summed E-state index contributed by atoms with van der Waals surface area (Å²) in [5.74, 6) is -0.0486. The Morgan fingerprint density at radius 2 is 1.67 bits per heavy atom. The average molecular weight is 257 g/mol. The highest BCUT2D eigenvalue weighted by molar-refractivity contribution is 5.79. The molecular weight excluding hydrogens is 230 g/mol. The molecule has 106 valence electrons. The maximum Gasteiger partial charge on any atom is 0.315 e. The van der Waals surface area contributed by atoms with Crippen LogP contribution in [0.2, 0.25) is 0 Å². The average Bonchev–Trinajstić information content (AvgIpc) is 2.14. The highest BCUT2D eigenvalue weighted by Gasteiger charge is 2.19. The Morgan fingerprint density at radius 1 is 1.11 bits per heavy atom. The Kier molecular flexibility index (Phi) is 6.73. The van der Waals surface area contributed by atoms with Crippen molar-refractivity contribution in [1.29, 1.82) is 0 Å². The molecule has 0 aromatic rings. The fourth-order valence-corrected chi connectivity index (χ4v) is 1.37. The normalized spacial score (nSPS) is 13.1. The second kappa shape index (κ2) is 7.24. The lowest BCUT2D eigenvalue weighted by Crippen LogP contribution is -2.50. The summed E-state index contributed by atoms with van der Waals surface area (Å²) >= 11 is 0. The minimum Gasteiger partial charge on any atom is -0.354 e. The van der Waals surface area contributed by atoms with Gasteiger partial charge in [-0.25, -0.2) is 4.79 Å². The lowest BCUT2D eigenvalue weighted by molar-refractivity contribution is -0.121. The van der Waals surface area contributed by atoms with Crippen molar-refractivity contribution >= 4 is 11.9 Å². The van der Waals surface area contributed by atoms with Gasteiger partial charge in [-0.3, -0.25) is 4.79 Å². The largest absolute Gasteiger partial charge is 0.354 e. The van der Waals surface area contributed by atoms with Crippen molar-refractivity contribution in [2.24, 2.45) is 0 Å². The van der Waals surface area contributed by atoms with Gasteiger partial charge in [0.15, 0.2) is 0 Å². The van der Waals surface area contributed by atoms with Crippen LogP contribution in [0, 0.1) is 0 Å². The van der Waals surface area contributed by atoms with Gasteiger partial charge in [0.05, 0.1) is 0 Å². The number of hydrogen-bond acceptors (Lipinski definition) is 2. The number of carbonyl (C=O) groups is 2. The molecule has 1 unspecified atom stereocenters. The van der Waals surface area contributed by atoms with E-state index in [2.05, 4.69) is 16.0 Å². The van der Waals surface area contributed by atoms with Crippen molar-refractivity contribution in [3.63, 3.8) is 0 Å². The van der Waals surface area contributed by atoms with Crippen molar-refractivity contribution in [2.75, 3.05) is 0 Å². The number of rotatable bonds is 6. The Bertz CT molecular complexity index is 288. The van der Waals surface area contributed by atoms with Gasteiger partial charge in [0.2, 0.25) is 5.91 Å². The first-order valence-electron chi connectivity index (χ1n) is 6.54. The molecule has 5 nitrogen and oxygen atoms in total. The first-order valence-corrected chi connectivity index (χ1v) is 6.54. The van der Waals surface area contributed by atoms with Crippen LogP contribution in [0.5, 0.6) is 0 Å². The van der Waals surface area contributed by atoms with Crippen LogP contribution in [0.25, 0.3) is 0 Å². The van der Waals surface area contributed by atoms with E-state index in [9.17, 15) is 9.59 Å². The Labute approximate surface area is 110 Å². The predicted molar refractivity (Wildman–Crippen MR) is 73.4 cm³/mol. The number of carbonyl (C=O) groups excluding carboxylic acids is 2. The van der Waals surface area contributed by atoms with E-state index in [-0.39, 0.29) is 36.0 Å². The lowest BCUT2D eigenvalue weighted by atomic mass is 10.0. The van der Waals surface area contributed by atoms with E-state index in [0.717, 1.165) is 6.42 Å². The van der Waals surface area contributed by atoms with Gasteiger partial charge in [-0.15, -0.1) is 0 Å². The fourth-order valence-electron chi connectivity index (χ4n) is 1.37. The van der Waals surface area contributed by atoms with Gasteiger partial charge in [0.1, 0.15) is 0 Å². The van der Waals surface area contributed by atoms with E-state index >= 15 is 0 Å². The molecule has 0 saturated carbocycles. The Morgan fingerprint density at radius 3 is 2.11 bits per heavy atom. The Balaban J connectivity index is 4.05. The molecule has 3 amide bonds. The lowest BCUT2D eigenvalue weighted by Gasteiger charge is -2.26. The topological polar surface area (TPSA) is 70.2 Å². The molecule has 0 rings (SSSR count). The maximum atomic E-state index is 11.7. The predicted octanol–water partition coefficient (Wildman–Crippen LogP) is 1.78. The quantitative estimate of drug-likeness (QED) is 0.679. The molecule has 0 aromatic heterocycles. The molecule has 0 heterocycles. The molecule has 0 fully saturated rings. The van der Waals surface area contributed by atoms with Crippen molar-refractivity contribution in [3.8, 4) is 0 Å². The van der Waals surface area contributed by atoms with Gasteiger partial charge in [0, 0.05) is 24.0 Å². The molecular formula is C13H27N3O2. The molecule has 0 radical (unpaired) electrons. The molecule has 0 aliphatic carbocycles. The van der Waals surface area contributed by atoms with E-state index < -0.39 is 0 Å². The monoisotopic (exact) mass is 257 g/mol. The summed E-state index contributed by atoms with van der Waals surface area (Å²) in [6.07, 6.45) is 1.14. The minimum absolute atomic E-state index is 0.0486. The molecule has 0 bridgehead atoms. The zero-order valence-electron chi connectivity index (χ0n) is 12.4. The molecule has 0 saturated heterocycles. The number of nitrogens with one attached hydrogen (secondary N) is 3. The SMILES string of the molecule is CCC(C)(C)NC(=O)NC(C)CC(=O)NC(C)C. The first-order chi connectivity index (χ1) is 8.16. The highest BCUT2D eigenvalue weighted by atomic mass is 16.2. The van der Waals surface area contributed by atoms with E-state index in [4.69, 9.17) is 0 Å². The summed E-state index contributed by atoms with van der Waals surface area (Å²) in [5.41, 5.74) is -0.232. The van der Waals surface area contributed by atoms with Gasteiger partial charge >= 0.3 is 6.03 Å². The van der Waals surface area contributed by atoms with Crippen LogP contribution in [-0.4, -0.2) is 29.6 Å². The van der Waals surface area contributed by atoms with Crippen LogP contribution < -0.4 is 16.0 Å². The van der Waals surface area contributed by atoms with Gasteiger partial charge in [-0.05, 0) is 41.0 Å². The third kappa shape index (κ3) is 7.92. The van der Waals surface area contributed by atoms with E-state index in [1.54, 1.807) is 0 Å². The third-order valence-corrected chi connectivity index (χ3v) is 2.65. The van der Waals surface area contributed by atoms with Crippen molar-refractivity contribution in [2.45, 2.75) is 72.0 Å². The zero-order chi connectivity index (χ0) is 14.3. The van der Waals surface area contributed by atoms with Gasteiger partial charge in [-0.2, -0.15) is 0 Å². The summed E-state index contributed by atoms with van der Waals surface area (Å²) in [7, 11) is 0. The van der Waals surface area contributed by atoms with Crippen molar-refractivity contribution in [3.05, 3.63) is 0 Å². The second-order valence-electron chi connectivity index (χ2n) is 5.66. The van der Waals surface area contributed by atoms with Crippen LogP contribution in [0.1, 0.15) is 54.4 Å². The van der Waals surface area contributed by atoms with Gasteiger partial charge in [-0.1, -0.05) is 6.92 Å². The van der Waals surface area contributed by atoms with Crippen LogP contribution >= 0.6 is 0 Å². The highest BCUT2D eigenvalue weighted by Crippen LogP contribution is 2.06. The summed E-state index contributed by atoms with van der Waals surface area (Å²) in [6, 6.07) is -0.291. The Hall–Kier alpha value is -1.26. The van der Waals surface area contributed by atoms with E-state index in [0.29, 0.717) is 0 Å². The summed E-state index contributed by atoms with van der Waals surface area (Å²) in [4.78, 5) is 23.2. The summed E-state index contributed by atoms with van der Waals surface area (Å²) in [6.45, 7) is 11.6. The van der Waals surface area contributed by atoms with Crippen molar-refractivity contribution < 1.29 is 9.59 Å². The first kappa shape index (κ1) is 16.7. The van der Waals surface area contributed by atoms with Crippen LogP contribution in [0.15, 0.2) is 0 Å². The van der Waals surface area contributed by atoms with E-state index in [1.807, 2.05) is 41.5 Å². The number of hydrogen-bond donors (Lipinski definition) is 3. The third-order valence-electron chi connectivity index (χ3n) is 2.65. The molecule has 5 heteroatoms. The fraction of sp³-hybridized carbons (Fsp3) is 0.846. The maximum absolute atomic E-state index is 11.7. The summed E-state index contributed by atoms with van der Waals surface area (Å²) in [5, 5.41) is 8.43. The number of amides is 3. The number of urea groups is 1. The molecule has 0 aliphatic rings. The standard InChI is InChI=1S/C13H27N3O2/c1-7-13(5,6)16-12(18)15-10(4)8-11(17)14-9(2)3/h9-10H,7-8H2,1-6H3,(H,14,17)(H2,15,16,18). The van der Waals surface area contributed by atoms with Gasteiger partial charge < -0.3 is 16.0 Å². The van der Waals surface area contributed by atoms with Crippen LogP contribution in [-0.2, 0) is 4.79 Å². The minimum atomic E-state index is -0.232. The van der Waals surface area contributed by atoms with Crippen LogP contribution in [0.4, 0.5) is 4.79 Å². The summed E-state index contributed by atoms with van der Waals surface area (Å²) < 4.78 is 0. The molecule has 1 atom stereocenters. The zero-order valence-corrected chi connectivity index (χ0v) is 12.4.